The Morgan fingerprint density at radius 1 is 1.29 bits per heavy atom. The van der Waals surface area contributed by atoms with E-state index in [0.717, 1.165) is 27.4 Å². The fraction of sp³-hybridized carbons (Fsp3) is 0.462. The number of hydrogen-bond acceptors (Lipinski definition) is 2. The van der Waals surface area contributed by atoms with Crippen molar-refractivity contribution in [3.05, 3.63) is 28.5 Å². The highest BCUT2D eigenvalue weighted by molar-refractivity contribution is 9.10. The second kappa shape index (κ2) is 3.56. The first-order chi connectivity index (χ1) is 8.29. The van der Waals surface area contributed by atoms with Crippen LogP contribution in [0.1, 0.15) is 31.0 Å². The normalized spacial score (nSPS) is 31.5. The van der Waals surface area contributed by atoms with Gasteiger partial charge < -0.3 is 10.3 Å². The summed E-state index contributed by atoms with van der Waals surface area (Å²) in [5.41, 5.74) is 2.21. The van der Waals surface area contributed by atoms with Gasteiger partial charge in [0.05, 0.1) is 11.0 Å². The van der Waals surface area contributed by atoms with Gasteiger partial charge in [-0.15, -0.1) is 0 Å². The molecule has 1 aromatic heterocycles. The Morgan fingerprint density at radius 2 is 2.24 bits per heavy atom. The van der Waals surface area contributed by atoms with E-state index in [2.05, 4.69) is 38.4 Å². The van der Waals surface area contributed by atoms with Gasteiger partial charge in [0.25, 0.3) is 0 Å². The molecule has 2 bridgehead atoms. The Balaban J connectivity index is 1.76. The fourth-order valence-electron chi connectivity index (χ4n) is 3.30. The average molecular weight is 292 g/mol. The van der Waals surface area contributed by atoms with Crippen LogP contribution in [0.25, 0.3) is 11.0 Å². The van der Waals surface area contributed by atoms with E-state index in [1.54, 1.807) is 0 Å². The van der Waals surface area contributed by atoms with Gasteiger partial charge in [0, 0.05) is 22.5 Å². The van der Waals surface area contributed by atoms with E-state index in [-0.39, 0.29) is 0 Å². The Morgan fingerprint density at radius 3 is 3.00 bits per heavy atom. The summed E-state index contributed by atoms with van der Waals surface area (Å²) in [4.78, 5) is 8.22. The molecule has 0 amide bonds. The lowest BCUT2D eigenvalue weighted by molar-refractivity contribution is 0.491. The van der Waals surface area contributed by atoms with Crippen molar-refractivity contribution in [2.75, 3.05) is 0 Å². The minimum Gasteiger partial charge on any atom is -0.342 e. The van der Waals surface area contributed by atoms with Crippen LogP contribution in [-0.2, 0) is 0 Å². The van der Waals surface area contributed by atoms with Crippen molar-refractivity contribution in [3.63, 3.8) is 0 Å². The molecular weight excluding hydrogens is 278 g/mol. The lowest BCUT2D eigenvalue weighted by atomic mass is 9.89. The lowest BCUT2D eigenvalue weighted by Crippen LogP contribution is -2.22. The van der Waals surface area contributed by atoms with Gasteiger partial charge in [-0.1, -0.05) is 15.9 Å². The first kappa shape index (κ1) is 10.1. The van der Waals surface area contributed by atoms with Crippen molar-refractivity contribution in [3.8, 4) is 0 Å². The number of rotatable bonds is 1. The van der Waals surface area contributed by atoms with Crippen LogP contribution in [0.5, 0.6) is 0 Å². The molecule has 0 aliphatic carbocycles. The van der Waals surface area contributed by atoms with Crippen molar-refractivity contribution in [2.24, 2.45) is 0 Å². The van der Waals surface area contributed by atoms with E-state index >= 15 is 0 Å². The first-order valence-electron chi connectivity index (χ1n) is 6.21. The molecule has 4 rings (SSSR count). The van der Waals surface area contributed by atoms with Crippen molar-refractivity contribution in [1.82, 2.24) is 15.3 Å². The summed E-state index contributed by atoms with van der Waals surface area (Å²) in [6, 6.07) is 7.59. The molecule has 2 fully saturated rings. The molecular formula is C13H14BrN3. The summed E-state index contributed by atoms with van der Waals surface area (Å²) in [6.45, 7) is 0. The minimum atomic E-state index is 0.583. The Hall–Kier alpha value is -0.870. The molecule has 3 nitrogen and oxygen atoms in total. The zero-order valence-corrected chi connectivity index (χ0v) is 11.0. The van der Waals surface area contributed by atoms with Gasteiger partial charge in [0.1, 0.15) is 5.82 Å². The predicted octanol–water partition coefficient (Wildman–Crippen LogP) is 2.93. The second-order valence-corrected chi connectivity index (χ2v) is 6.09. The number of hydrogen-bond donors (Lipinski definition) is 2. The minimum absolute atomic E-state index is 0.583. The largest absolute Gasteiger partial charge is 0.342 e. The molecule has 0 radical (unpaired) electrons. The van der Waals surface area contributed by atoms with Crippen LogP contribution in [0.3, 0.4) is 0 Å². The number of aromatic nitrogens is 2. The van der Waals surface area contributed by atoms with E-state index < -0.39 is 0 Å². The molecule has 3 heterocycles. The number of benzene rings is 1. The predicted molar refractivity (Wildman–Crippen MR) is 71.1 cm³/mol. The monoisotopic (exact) mass is 291 g/mol. The van der Waals surface area contributed by atoms with Crippen LogP contribution in [0.15, 0.2) is 22.7 Å². The Labute approximate surface area is 108 Å². The summed E-state index contributed by atoms with van der Waals surface area (Å²) < 4.78 is 1.10. The molecule has 1 aromatic carbocycles. The maximum Gasteiger partial charge on any atom is 0.111 e. The standard InChI is InChI=1S/C13H14BrN3/c14-7-1-3-11-12(5-7)17-13(16-11)9-6-8-2-4-10(9)15-8/h1,3,5,8-10,15H,2,4,6H2,(H,16,17). The molecule has 2 aromatic rings. The maximum atomic E-state index is 4.74. The van der Waals surface area contributed by atoms with Gasteiger partial charge in [0.2, 0.25) is 0 Å². The molecule has 4 heteroatoms. The SMILES string of the molecule is Brc1ccc2nc(C3CC4CCC3N4)[nH]c2c1. The van der Waals surface area contributed by atoms with Gasteiger partial charge in [-0.3, -0.25) is 0 Å². The summed E-state index contributed by atoms with van der Waals surface area (Å²) in [5, 5.41) is 3.66. The molecule has 0 spiro atoms. The number of nitrogens with zero attached hydrogens (tertiary/aromatic N) is 1. The molecule has 2 N–H and O–H groups in total. The molecule has 2 aliphatic heterocycles. The molecule has 0 saturated carbocycles. The topological polar surface area (TPSA) is 40.7 Å². The number of halogens is 1. The highest BCUT2D eigenvalue weighted by Gasteiger charge is 2.41. The third kappa shape index (κ3) is 1.54. The summed E-state index contributed by atoms with van der Waals surface area (Å²) >= 11 is 3.50. The molecule has 88 valence electrons. The first-order valence-corrected chi connectivity index (χ1v) is 7.00. The molecule has 3 atom stereocenters. The van der Waals surface area contributed by atoms with E-state index in [1.165, 1.54) is 19.3 Å². The second-order valence-electron chi connectivity index (χ2n) is 5.17. The molecule has 17 heavy (non-hydrogen) atoms. The number of fused-ring (bicyclic) bond motifs is 3. The van der Waals surface area contributed by atoms with E-state index in [9.17, 15) is 0 Å². The lowest BCUT2D eigenvalue weighted by Gasteiger charge is -2.17. The maximum absolute atomic E-state index is 4.74. The highest BCUT2D eigenvalue weighted by atomic mass is 79.9. The van der Waals surface area contributed by atoms with Gasteiger partial charge in [-0.2, -0.15) is 0 Å². The summed E-state index contributed by atoms with van der Waals surface area (Å²) in [5.74, 6) is 1.75. The highest BCUT2D eigenvalue weighted by Crippen LogP contribution is 2.39. The van der Waals surface area contributed by atoms with Crippen molar-refractivity contribution < 1.29 is 0 Å². The molecule has 2 aliphatic rings. The fourth-order valence-corrected chi connectivity index (χ4v) is 3.66. The number of nitrogens with one attached hydrogen (secondary N) is 2. The smallest absolute Gasteiger partial charge is 0.111 e. The quantitative estimate of drug-likeness (QED) is 0.848. The van der Waals surface area contributed by atoms with Crippen LogP contribution in [0, 0.1) is 0 Å². The van der Waals surface area contributed by atoms with Gasteiger partial charge in [0.15, 0.2) is 0 Å². The Bertz CT molecular complexity index is 577. The third-order valence-corrected chi connectivity index (χ3v) is 4.61. The zero-order valence-electron chi connectivity index (χ0n) is 9.41. The number of aromatic amines is 1. The van der Waals surface area contributed by atoms with Crippen LogP contribution in [-0.4, -0.2) is 22.1 Å². The summed E-state index contributed by atoms with van der Waals surface area (Å²) in [6.07, 6.45) is 3.88. The van der Waals surface area contributed by atoms with Crippen molar-refractivity contribution in [1.29, 1.82) is 0 Å². The van der Waals surface area contributed by atoms with E-state index in [0.29, 0.717) is 12.0 Å². The average Bonchev–Trinajstić information content (AvgIpc) is 3.01. The number of H-pyrrole nitrogens is 1. The van der Waals surface area contributed by atoms with Gasteiger partial charge in [-0.05, 0) is 37.5 Å². The van der Waals surface area contributed by atoms with Crippen LogP contribution >= 0.6 is 15.9 Å². The van der Waals surface area contributed by atoms with Gasteiger partial charge in [-0.25, -0.2) is 4.98 Å². The Kier molecular flexibility index (Phi) is 2.11. The number of imidazole rings is 1. The van der Waals surface area contributed by atoms with Crippen LogP contribution in [0.4, 0.5) is 0 Å². The molecule has 3 unspecified atom stereocenters. The van der Waals surface area contributed by atoms with Crippen molar-refractivity contribution in [2.45, 2.75) is 37.3 Å². The van der Waals surface area contributed by atoms with Gasteiger partial charge >= 0.3 is 0 Å². The summed E-state index contributed by atoms with van der Waals surface area (Å²) in [7, 11) is 0. The molecule has 2 saturated heterocycles. The van der Waals surface area contributed by atoms with E-state index in [4.69, 9.17) is 4.98 Å². The third-order valence-electron chi connectivity index (χ3n) is 4.11. The zero-order chi connectivity index (χ0) is 11.4. The van der Waals surface area contributed by atoms with E-state index in [1.807, 2.05) is 6.07 Å². The van der Waals surface area contributed by atoms with Crippen LogP contribution < -0.4 is 5.32 Å². The van der Waals surface area contributed by atoms with Crippen LogP contribution in [0.2, 0.25) is 0 Å². The van der Waals surface area contributed by atoms with Crippen molar-refractivity contribution >= 4 is 27.0 Å².